The molecule has 478 valence electrons. The van der Waals surface area contributed by atoms with E-state index in [1.165, 1.54) is 87.8 Å². The highest BCUT2D eigenvalue weighted by Gasteiger charge is 2.64. The zero-order valence-corrected chi connectivity index (χ0v) is 58.2. The van der Waals surface area contributed by atoms with Crippen LogP contribution in [0.15, 0.2) is 260 Å². The molecule has 0 spiro atoms. The first-order valence-electron chi connectivity index (χ1n) is 33.3. The molecular formula is C82H78B3BrN4O6. The molecule has 14 heteroatoms. The molecule has 0 saturated carbocycles. The van der Waals surface area contributed by atoms with Crippen LogP contribution in [0.25, 0.3) is 110 Å². The van der Waals surface area contributed by atoms with Gasteiger partial charge in [0.15, 0.2) is 0 Å². The molecule has 3 aliphatic rings. The fourth-order valence-corrected chi connectivity index (χ4v) is 14.0. The highest BCUT2D eigenvalue weighted by molar-refractivity contribution is 9.10. The molecule has 4 aromatic heterocycles. The van der Waals surface area contributed by atoms with Gasteiger partial charge in [-0.25, -0.2) is 0 Å². The number of rotatable bonds is 8. The minimum Gasteiger partial charge on any atom is -0.405 e. The Morgan fingerprint density at radius 2 is 0.615 bits per heavy atom. The first-order chi connectivity index (χ1) is 46.0. The van der Waals surface area contributed by atoms with Crippen molar-refractivity contribution in [3.63, 3.8) is 0 Å². The Bertz CT molecular complexity index is 5140. The average Bonchev–Trinajstić information content (AvgIpc) is 1.52. The largest absolute Gasteiger partial charge is 0.494 e. The van der Waals surface area contributed by atoms with Crippen molar-refractivity contribution >= 4 is 108 Å². The van der Waals surface area contributed by atoms with Gasteiger partial charge in [0.2, 0.25) is 0 Å². The van der Waals surface area contributed by atoms with Crippen LogP contribution in [-0.2, 0) is 27.9 Å². The number of hydrogen-bond acceptors (Lipinski definition) is 6. The number of aromatic nitrogens is 4. The first-order valence-corrected chi connectivity index (χ1v) is 34.1. The number of hydrogen-bond donors (Lipinski definition) is 0. The Kier molecular flexibility index (Phi) is 15.7. The van der Waals surface area contributed by atoms with Crippen molar-refractivity contribution in [2.45, 2.75) is 117 Å². The Hall–Kier alpha value is -8.69. The molecule has 14 aromatic rings. The van der Waals surface area contributed by atoms with Gasteiger partial charge in [-0.2, -0.15) is 0 Å². The van der Waals surface area contributed by atoms with E-state index in [1.54, 1.807) is 0 Å². The van der Waals surface area contributed by atoms with Crippen LogP contribution >= 0.6 is 15.9 Å². The molecule has 3 saturated heterocycles. The van der Waals surface area contributed by atoms with Crippen molar-refractivity contribution in [1.82, 2.24) is 18.3 Å². The summed E-state index contributed by atoms with van der Waals surface area (Å²) in [7, 11) is -1.36. The van der Waals surface area contributed by atoms with Crippen molar-refractivity contribution in [1.29, 1.82) is 0 Å². The Labute approximate surface area is 571 Å². The van der Waals surface area contributed by atoms with E-state index in [0.29, 0.717) is 0 Å². The van der Waals surface area contributed by atoms with E-state index < -0.39 is 21.1 Å². The lowest BCUT2D eigenvalue weighted by molar-refractivity contribution is 0.00578. The number of fused-ring (bicyclic) bond motifs is 10. The quantitative estimate of drug-likeness (QED) is 0.141. The highest BCUT2D eigenvalue weighted by atomic mass is 79.9. The molecule has 7 heterocycles. The van der Waals surface area contributed by atoms with E-state index in [2.05, 4.69) is 317 Å². The molecule has 96 heavy (non-hydrogen) atoms. The minimum atomic E-state index is -0.476. The van der Waals surface area contributed by atoms with Gasteiger partial charge in [0.05, 0.1) is 66.7 Å². The van der Waals surface area contributed by atoms with E-state index in [-0.39, 0.29) is 33.6 Å². The van der Waals surface area contributed by atoms with Crippen LogP contribution in [0.3, 0.4) is 0 Å². The monoisotopic (exact) mass is 1330 g/mol. The van der Waals surface area contributed by atoms with E-state index >= 15 is 0 Å². The van der Waals surface area contributed by atoms with Gasteiger partial charge in [-0.05, 0) is 208 Å². The van der Waals surface area contributed by atoms with E-state index in [0.717, 1.165) is 32.5 Å². The van der Waals surface area contributed by atoms with Crippen molar-refractivity contribution in [3.05, 3.63) is 260 Å². The molecule has 3 aliphatic heterocycles. The van der Waals surface area contributed by atoms with Crippen molar-refractivity contribution in [2.75, 3.05) is 0 Å². The Balaban J connectivity index is 0.000000128. The third-order valence-corrected chi connectivity index (χ3v) is 21.5. The van der Waals surface area contributed by atoms with Crippen LogP contribution in [0.5, 0.6) is 0 Å². The Morgan fingerprint density at radius 1 is 0.281 bits per heavy atom. The molecule has 10 aromatic carbocycles. The second-order valence-electron chi connectivity index (χ2n) is 28.6. The SMILES string of the molecule is Brc1ccc2c(c1)c1ccc3c(ccn3-c3ccc(-c4ccccc4)cc3)c1n2-c1ccccc1.CC1(C)OB(B2OC(C)(C)C(C)(C)O2)OC1(C)C.CC1(C)OB(c2ccc3c(c2)c2ccc4c(ccn4-c4ccc(-c5ccccc5)cc4)c2n3-c2ccccc2)OC1(C)C. The normalized spacial score (nSPS) is 17.4. The van der Waals surface area contributed by atoms with Gasteiger partial charge in [0, 0.05) is 71.9 Å². The topological polar surface area (TPSA) is 75.1 Å². The average molecular weight is 1330 g/mol. The van der Waals surface area contributed by atoms with Crippen LogP contribution < -0.4 is 5.46 Å². The third-order valence-electron chi connectivity index (χ3n) is 21.0. The zero-order valence-electron chi connectivity index (χ0n) is 56.6. The highest BCUT2D eigenvalue weighted by Crippen LogP contribution is 2.45. The number of benzene rings is 10. The van der Waals surface area contributed by atoms with Gasteiger partial charge in [0.25, 0.3) is 0 Å². The summed E-state index contributed by atoms with van der Waals surface area (Å²) >= 11 is 3.68. The van der Waals surface area contributed by atoms with Crippen LogP contribution in [0, 0.1) is 0 Å². The maximum absolute atomic E-state index is 6.43. The summed E-state index contributed by atoms with van der Waals surface area (Å²) in [5.74, 6) is 0. The van der Waals surface area contributed by atoms with Crippen LogP contribution in [0.1, 0.15) is 83.1 Å². The lowest BCUT2D eigenvalue weighted by atomic mass is 9.49. The maximum atomic E-state index is 6.43. The second kappa shape index (κ2) is 23.8. The summed E-state index contributed by atoms with van der Waals surface area (Å²) in [6, 6.07) is 86.6. The fraction of sp³-hybridized carbons (Fsp3) is 0.220. The van der Waals surface area contributed by atoms with E-state index in [1.807, 2.05) is 55.4 Å². The number of halogens is 1. The maximum Gasteiger partial charge on any atom is 0.494 e. The fourth-order valence-electron chi connectivity index (χ4n) is 13.6. The standard InChI is InChI=1S/C38H33BN2O2.C32H21BrN2.C12H24B2O4/c1-37(2)38(3,4)43-39(42-37)28-17-21-35-33(25-28)31-20-22-34-32(36(31)41(35)30-13-9-6-10-14-30)23-24-40(34)29-18-15-27(16-19-29)26-11-7-5-8-12-26;33-24-13-17-31-29(21-24)27-16-18-30-28(32(27)35(31)26-9-5-2-6-10-26)19-20-34(30)25-14-11-23(12-15-25)22-7-3-1-4-8-22;1-9(2)10(3,4)16-13(15-9)14-17-11(5,6)12(7,8)18-14/h5-25H,1-4H3;1-21H;1-8H3. The summed E-state index contributed by atoms with van der Waals surface area (Å²) in [5.41, 5.74) is 15.5. The van der Waals surface area contributed by atoms with E-state index in [4.69, 9.17) is 27.9 Å². The van der Waals surface area contributed by atoms with Crippen molar-refractivity contribution in [3.8, 4) is 45.0 Å². The van der Waals surface area contributed by atoms with Crippen LogP contribution in [-0.4, -0.2) is 73.0 Å². The van der Waals surface area contributed by atoms with Gasteiger partial charge in [-0.1, -0.05) is 162 Å². The molecule has 0 N–H and O–H groups in total. The van der Waals surface area contributed by atoms with Crippen molar-refractivity contribution in [2.24, 2.45) is 0 Å². The Morgan fingerprint density at radius 3 is 1.01 bits per heavy atom. The number of nitrogens with zero attached hydrogens (tertiary/aromatic N) is 4. The third kappa shape index (κ3) is 11.0. The van der Waals surface area contributed by atoms with Gasteiger partial charge in [-0.3, -0.25) is 0 Å². The van der Waals surface area contributed by atoms with Gasteiger partial charge < -0.3 is 46.2 Å². The lowest BCUT2D eigenvalue weighted by Gasteiger charge is -2.32. The molecule has 0 radical (unpaired) electrons. The smallest absolute Gasteiger partial charge is 0.405 e. The second-order valence-corrected chi connectivity index (χ2v) is 29.5. The molecule has 10 nitrogen and oxygen atoms in total. The molecule has 0 unspecified atom stereocenters. The van der Waals surface area contributed by atoms with Crippen LogP contribution in [0.4, 0.5) is 0 Å². The molecule has 3 fully saturated rings. The van der Waals surface area contributed by atoms with Crippen molar-refractivity contribution < 1.29 is 27.9 Å². The summed E-state index contributed by atoms with van der Waals surface area (Å²) in [4.78, 5) is 0. The van der Waals surface area contributed by atoms with Crippen LogP contribution in [0.2, 0.25) is 0 Å². The predicted molar refractivity (Wildman–Crippen MR) is 402 cm³/mol. The summed E-state index contributed by atoms with van der Waals surface area (Å²) < 4.78 is 47.2. The molecule has 0 aliphatic carbocycles. The zero-order chi connectivity index (χ0) is 66.7. The molecule has 0 bridgehead atoms. The summed E-state index contributed by atoms with van der Waals surface area (Å²) in [6.45, 7) is 24.6. The lowest BCUT2D eigenvalue weighted by Crippen LogP contribution is -2.41. The summed E-state index contributed by atoms with van der Waals surface area (Å²) in [6.07, 6.45) is 4.37. The molecular weight excluding hydrogens is 1250 g/mol. The molecule has 0 atom stereocenters. The molecule has 17 rings (SSSR count). The molecule has 0 amide bonds. The van der Waals surface area contributed by atoms with Gasteiger partial charge in [-0.15, -0.1) is 0 Å². The van der Waals surface area contributed by atoms with Gasteiger partial charge >= 0.3 is 21.1 Å². The van der Waals surface area contributed by atoms with Gasteiger partial charge in [0.1, 0.15) is 0 Å². The number of para-hydroxylation sites is 2. The summed E-state index contributed by atoms with van der Waals surface area (Å²) in [5, 5.41) is 7.36. The predicted octanol–water partition coefficient (Wildman–Crippen LogP) is 20.1. The first kappa shape index (κ1) is 63.4. The minimum absolute atomic E-state index is 0.360. The van der Waals surface area contributed by atoms with E-state index in [9.17, 15) is 0 Å².